The van der Waals surface area contributed by atoms with Gasteiger partial charge >= 0.3 is 0 Å². The van der Waals surface area contributed by atoms with E-state index in [2.05, 4.69) is 0 Å². The predicted octanol–water partition coefficient (Wildman–Crippen LogP) is -1.63. The second-order valence-electron chi connectivity index (χ2n) is 3.01. The largest absolute Gasteiger partial charge is 0.395 e. The third-order valence-electron chi connectivity index (χ3n) is 2.13. The van der Waals surface area contributed by atoms with Gasteiger partial charge in [0.05, 0.1) is 12.7 Å². The highest BCUT2D eigenvalue weighted by atomic mass is 16.3. The van der Waals surface area contributed by atoms with Crippen LogP contribution in [-0.2, 0) is 0 Å². The van der Waals surface area contributed by atoms with Crippen molar-refractivity contribution in [3.8, 4) is 0 Å². The summed E-state index contributed by atoms with van der Waals surface area (Å²) in [5.74, 6) is 0. The molecule has 0 spiro atoms. The first-order chi connectivity index (χ1) is 5.27. The fraction of sp³-hybridized carbons (Fsp3) is 1.00. The maximum atomic E-state index is 9.23. The number of nitrogens with zero attached hydrogens (tertiary/aromatic N) is 1. The van der Waals surface area contributed by atoms with E-state index in [0.29, 0.717) is 19.5 Å². The number of nitrogens with two attached hydrogens (primary N) is 1. The third-order valence-corrected chi connectivity index (χ3v) is 2.13. The van der Waals surface area contributed by atoms with Gasteiger partial charge in [0.25, 0.3) is 0 Å². The van der Waals surface area contributed by atoms with Gasteiger partial charge in [-0.3, -0.25) is 4.90 Å². The molecular formula is C7H16N2O2. The molecule has 4 heteroatoms. The average molecular weight is 160 g/mol. The van der Waals surface area contributed by atoms with Crippen LogP contribution in [0.5, 0.6) is 0 Å². The topological polar surface area (TPSA) is 69.7 Å². The van der Waals surface area contributed by atoms with Crippen molar-refractivity contribution in [3.63, 3.8) is 0 Å². The molecule has 1 fully saturated rings. The molecular weight excluding hydrogens is 144 g/mol. The molecule has 0 saturated carbocycles. The summed E-state index contributed by atoms with van der Waals surface area (Å²) in [6.07, 6.45) is 0.398. The first-order valence-electron chi connectivity index (χ1n) is 4.01. The summed E-state index contributed by atoms with van der Waals surface area (Å²) in [5, 5.41) is 18.1. The Morgan fingerprint density at radius 1 is 1.55 bits per heavy atom. The van der Waals surface area contributed by atoms with E-state index in [1.807, 2.05) is 4.90 Å². The van der Waals surface area contributed by atoms with Crippen molar-refractivity contribution in [2.45, 2.75) is 18.6 Å². The lowest BCUT2D eigenvalue weighted by Gasteiger charge is -2.20. The van der Waals surface area contributed by atoms with Crippen LogP contribution >= 0.6 is 0 Å². The van der Waals surface area contributed by atoms with E-state index in [-0.39, 0.29) is 18.8 Å². The lowest BCUT2D eigenvalue weighted by atomic mass is 10.2. The zero-order valence-electron chi connectivity index (χ0n) is 6.61. The highest BCUT2D eigenvalue weighted by Crippen LogP contribution is 2.15. The highest BCUT2D eigenvalue weighted by molar-refractivity contribution is 4.84. The Bertz CT molecular complexity index is 121. The Balaban J connectivity index is 2.37. The standard InChI is InChI=1S/C7H16N2O2/c8-1-2-9-4-7(11)3-6(9)5-10/h6-7,10-11H,1-5,8H2/t6-,7+/m0/s1. The van der Waals surface area contributed by atoms with Gasteiger partial charge in [0.1, 0.15) is 0 Å². The van der Waals surface area contributed by atoms with E-state index in [1.54, 1.807) is 0 Å². The van der Waals surface area contributed by atoms with Gasteiger partial charge in [-0.15, -0.1) is 0 Å². The van der Waals surface area contributed by atoms with Crippen molar-refractivity contribution in [2.24, 2.45) is 5.73 Å². The van der Waals surface area contributed by atoms with Gasteiger partial charge in [0.2, 0.25) is 0 Å². The number of aliphatic hydroxyl groups is 2. The van der Waals surface area contributed by atoms with Gasteiger partial charge in [0, 0.05) is 25.7 Å². The van der Waals surface area contributed by atoms with Crippen molar-refractivity contribution in [1.29, 1.82) is 0 Å². The molecule has 0 aliphatic carbocycles. The average Bonchev–Trinajstić information content (AvgIpc) is 2.32. The summed E-state index contributed by atoms with van der Waals surface area (Å²) in [7, 11) is 0. The molecule has 2 atom stereocenters. The van der Waals surface area contributed by atoms with Crippen molar-refractivity contribution in [1.82, 2.24) is 4.90 Å². The van der Waals surface area contributed by atoms with E-state index in [4.69, 9.17) is 10.8 Å². The molecule has 0 radical (unpaired) electrons. The number of aliphatic hydroxyl groups excluding tert-OH is 2. The van der Waals surface area contributed by atoms with Crippen LogP contribution in [0.1, 0.15) is 6.42 Å². The predicted molar refractivity (Wildman–Crippen MR) is 42.1 cm³/mol. The van der Waals surface area contributed by atoms with Gasteiger partial charge in [-0.05, 0) is 6.42 Å². The quantitative estimate of drug-likeness (QED) is 0.464. The van der Waals surface area contributed by atoms with E-state index < -0.39 is 0 Å². The Morgan fingerprint density at radius 3 is 2.82 bits per heavy atom. The second kappa shape index (κ2) is 4.01. The molecule has 0 aromatic rings. The zero-order valence-corrected chi connectivity index (χ0v) is 6.61. The van der Waals surface area contributed by atoms with Crippen LogP contribution < -0.4 is 5.73 Å². The van der Waals surface area contributed by atoms with Gasteiger partial charge in [-0.1, -0.05) is 0 Å². The molecule has 1 rings (SSSR count). The number of hydrogen-bond acceptors (Lipinski definition) is 4. The highest BCUT2D eigenvalue weighted by Gasteiger charge is 2.29. The second-order valence-corrected chi connectivity index (χ2v) is 3.01. The van der Waals surface area contributed by atoms with Crippen LogP contribution in [0.3, 0.4) is 0 Å². The van der Waals surface area contributed by atoms with Crippen LogP contribution in [0.25, 0.3) is 0 Å². The molecule has 0 unspecified atom stereocenters. The molecule has 4 N–H and O–H groups in total. The zero-order chi connectivity index (χ0) is 8.27. The molecule has 1 saturated heterocycles. The molecule has 0 aromatic heterocycles. The summed E-state index contributed by atoms with van der Waals surface area (Å²) < 4.78 is 0. The SMILES string of the molecule is NCCN1C[C@H](O)C[C@H]1CO. The minimum Gasteiger partial charge on any atom is -0.395 e. The fourth-order valence-corrected chi connectivity index (χ4v) is 1.59. The summed E-state index contributed by atoms with van der Waals surface area (Å²) in [6.45, 7) is 2.13. The Hall–Kier alpha value is -0.160. The van der Waals surface area contributed by atoms with Gasteiger partial charge in [-0.25, -0.2) is 0 Å². The molecule has 66 valence electrons. The number of hydrogen-bond donors (Lipinski definition) is 3. The third kappa shape index (κ3) is 2.13. The smallest absolute Gasteiger partial charge is 0.0683 e. The number of rotatable bonds is 3. The molecule has 1 heterocycles. The van der Waals surface area contributed by atoms with Crippen molar-refractivity contribution in [2.75, 3.05) is 26.2 Å². The Kier molecular flexibility index (Phi) is 3.26. The normalized spacial score (nSPS) is 33.0. The summed E-state index contributed by atoms with van der Waals surface area (Å²) in [4.78, 5) is 2.03. The maximum absolute atomic E-state index is 9.23. The maximum Gasteiger partial charge on any atom is 0.0683 e. The van der Waals surface area contributed by atoms with Gasteiger partial charge in [-0.2, -0.15) is 0 Å². The molecule has 11 heavy (non-hydrogen) atoms. The number of likely N-dealkylation sites (tertiary alicyclic amines) is 1. The molecule has 1 aliphatic heterocycles. The molecule has 1 aliphatic rings. The minimum atomic E-state index is -0.279. The Morgan fingerprint density at radius 2 is 2.27 bits per heavy atom. The monoisotopic (exact) mass is 160 g/mol. The van der Waals surface area contributed by atoms with Crippen LogP contribution in [0.2, 0.25) is 0 Å². The lowest BCUT2D eigenvalue weighted by molar-refractivity contribution is 0.159. The van der Waals surface area contributed by atoms with Crippen LogP contribution in [0, 0.1) is 0 Å². The van der Waals surface area contributed by atoms with E-state index in [0.717, 1.165) is 6.54 Å². The van der Waals surface area contributed by atoms with Crippen LogP contribution in [-0.4, -0.2) is 53.5 Å². The summed E-state index contributed by atoms with van der Waals surface area (Å²) in [6, 6.07) is 0.119. The first-order valence-corrected chi connectivity index (χ1v) is 4.01. The Labute approximate surface area is 66.6 Å². The van der Waals surface area contributed by atoms with Gasteiger partial charge < -0.3 is 15.9 Å². The first kappa shape index (κ1) is 8.93. The lowest BCUT2D eigenvalue weighted by Crippen LogP contribution is -2.36. The van der Waals surface area contributed by atoms with Gasteiger partial charge in [0.15, 0.2) is 0 Å². The van der Waals surface area contributed by atoms with Crippen molar-refractivity contribution in [3.05, 3.63) is 0 Å². The molecule has 0 bridgehead atoms. The summed E-state index contributed by atoms with van der Waals surface area (Å²) in [5.41, 5.74) is 5.37. The fourth-order valence-electron chi connectivity index (χ4n) is 1.59. The number of β-amino-alcohol motifs (C(OH)–C–C–N with tert-alkyl or cyclic N) is 1. The van der Waals surface area contributed by atoms with Crippen LogP contribution in [0.4, 0.5) is 0 Å². The summed E-state index contributed by atoms with van der Waals surface area (Å²) >= 11 is 0. The van der Waals surface area contributed by atoms with E-state index in [9.17, 15) is 5.11 Å². The van der Waals surface area contributed by atoms with E-state index in [1.165, 1.54) is 0 Å². The van der Waals surface area contributed by atoms with Crippen molar-refractivity contribution >= 4 is 0 Å². The minimum absolute atomic E-state index is 0.119. The van der Waals surface area contributed by atoms with Crippen LogP contribution in [0.15, 0.2) is 0 Å². The van der Waals surface area contributed by atoms with E-state index >= 15 is 0 Å². The molecule has 4 nitrogen and oxygen atoms in total. The molecule has 0 aromatic carbocycles. The molecule has 0 amide bonds. The van der Waals surface area contributed by atoms with Crippen molar-refractivity contribution < 1.29 is 10.2 Å².